The first-order valence-electron chi connectivity index (χ1n) is 10.2. The first kappa shape index (κ1) is 35.4. The zero-order valence-corrected chi connectivity index (χ0v) is 23.5. The standard InChI is InChI=1S/C14H24N4O4.C6H8O7.Bi/c1-15-14(10-18(19)20)16-7-4-8-21-11-13-6-5-12(22-13)9-17(2)3;7-3(8)1-6(13,5(11)12)2-4(9)10;/h5-6,10,15-16H,4,7-9,11H2,1-3H3;13H,1-2H2,(H,7,8)(H,9,10)(H,11,12);/q;;+3/p-3. The minimum absolute atomic E-state index is 0. The first-order chi connectivity index (χ1) is 16.3. The summed E-state index contributed by atoms with van der Waals surface area (Å²) in [6.45, 7) is 2.33. The summed E-state index contributed by atoms with van der Waals surface area (Å²) in [6.07, 6.45) is -1.08. The second-order valence-corrected chi connectivity index (χ2v) is 7.43. The van der Waals surface area contributed by atoms with Gasteiger partial charge in [0.2, 0.25) is 0 Å². The predicted molar refractivity (Wildman–Crippen MR) is 117 cm³/mol. The van der Waals surface area contributed by atoms with Crippen LogP contribution in [0, 0.1) is 10.1 Å². The first-order valence-corrected chi connectivity index (χ1v) is 10.2. The van der Waals surface area contributed by atoms with Crippen molar-refractivity contribution in [2.24, 2.45) is 0 Å². The summed E-state index contributed by atoms with van der Waals surface area (Å²) in [5.41, 5.74) is -2.97. The van der Waals surface area contributed by atoms with E-state index in [2.05, 4.69) is 10.6 Å². The number of nitrogens with one attached hydrogen (secondary N) is 2. The van der Waals surface area contributed by atoms with Crippen molar-refractivity contribution < 1.29 is 48.9 Å². The summed E-state index contributed by atoms with van der Waals surface area (Å²) in [4.78, 5) is 41.9. The third-order valence-electron chi connectivity index (χ3n) is 3.97. The van der Waals surface area contributed by atoms with Crippen molar-refractivity contribution in [3.8, 4) is 0 Å². The normalized spacial score (nSPS) is 11.1. The Labute approximate surface area is 226 Å². The largest absolute Gasteiger partial charge is 3.00 e. The molecule has 0 aromatic carbocycles. The Hall–Kier alpha value is -2.81. The van der Waals surface area contributed by atoms with E-state index in [1.165, 1.54) is 0 Å². The fourth-order valence-corrected chi connectivity index (χ4v) is 2.45. The van der Waals surface area contributed by atoms with Gasteiger partial charge in [-0.25, -0.2) is 0 Å². The number of nitrogens with zero attached hydrogens (tertiary/aromatic N) is 2. The van der Waals surface area contributed by atoms with Crippen molar-refractivity contribution in [1.82, 2.24) is 15.5 Å². The second kappa shape index (κ2) is 18.5. The van der Waals surface area contributed by atoms with Crippen molar-refractivity contribution in [3.63, 3.8) is 0 Å². The molecule has 1 heterocycles. The van der Waals surface area contributed by atoms with Gasteiger partial charge in [-0.1, -0.05) is 0 Å². The smallest absolute Gasteiger partial charge is 0.550 e. The van der Waals surface area contributed by atoms with Gasteiger partial charge in [0.1, 0.15) is 23.7 Å². The van der Waals surface area contributed by atoms with Crippen LogP contribution in [0.1, 0.15) is 30.8 Å². The Bertz CT molecular complexity index is 858. The van der Waals surface area contributed by atoms with Gasteiger partial charge >= 0.3 is 26.2 Å². The molecule has 0 unspecified atom stereocenters. The van der Waals surface area contributed by atoms with Crippen LogP contribution in [-0.4, -0.2) is 98.9 Å². The summed E-state index contributed by atoms with van der Waals surface area (Å²) in [7, 11) is 5.60. The van der Waals surface area contributed by atoms with Crippen molar-refractivity contribution in [1.29, 1.82) is 0 Å². The number of rotatable bonds is 16. The van der Waals surface area contributed by atoms with E-state index in [-0.39, 0.29) is 26.2 Å². The third-order valence-corrected chi connectivity index (χ3v) is 3.97. The number of carboxylic acid groups (broad SMARTS) is 3. The molecule has 1 aromatic heterocycles. The number of ether oxygens (including phenoxy) is 1. The molecule has 0 atom stereocenters. The third kappa shape index (κ3) is 16.8. The molecule has 3 N–H and O–H groups in total. The van der Waals surface area contributed by atoms with Crippen LogP contribution in [0.3, 0.4) is 0 Å². The Morgan fingerprint density at radius 1 is 1.17 bits per heavy atom. The molecule has 2 radical (unpaired) electrons. The Morgan fingerprint density at radius 3 is 2.17 bits per heavy atom. The molecule has 200 valence electrons. The van der Waals surface area contributed by atoms with Gasteiger partial charge in [-0.05, 0) is 32.6 Å². The van der Waals surface area contributed by atoms with Crippen molar-refractivity contribution in [3.05, 3.63) is 45.8 Å². The van der Waals surface area contributed by atoms with Gasteiger partial charge in [0.15, 0.2) is 5.82 Å². The zero-order valence-electron chi connectivity index (χ0n) is 20.1. The fourth-order valence-electron chi connectivity index (χ4n) is 2.45. The van der Waals surface area contributed by atoms with Crippen LogP contribution in [-0.2, 0) is 32.3 Å². The molecule has 15 nitrogen and oxygen atoms in total. The Morgan fingerprint density at radius 2 is 1.72 bits per heavy atom. The molecule has 0 aliphatic carbocycles. The number of carbonyl (C=O) groups excluding carboxylic acids is 3. The van der Waals surface area contributed by atoms with E-state index in [0.717, 1.165) is 30.7 Å². The molecule has 16 heteroatoms. The van der Waals surface area contributed by atoms with E-state index in [1.54, 1.807) is 7.05 Å². The van der Waals surface area contributed by atoms with Crippen LogP contribution in [0.4, 0.5) is 0 Å². The van der Waals surface area contributed by atoms with Gasteiger partial charge in [0, 0.05) is 45.0 Å². The average molecular weight is 710 g/mol. The maximum atomic E-state index is 10.3. The molecule has 0 fully saturated rings. The number of nitro groups is 1. The maximum absolute atomic E-state index is 10.3. The van der Waals surface area contributed by atoms with Crippen molar-refractivity contribution in [2.75, 3.05) is 34.3 Å². The van der Waals surface area contributed by atoms with Gasteiger partial charge in [-0.3, -0.25) is 10.1 Å². The second-order valence-electron chi connectivity index (χ2n) is 7.43. The monoisotopic (exact) mass is 710 g/mol. The van der Waals surface area contributed by atoms with E-state index < -0.39 is 41.3 Å². The summed E-state index contributed by atoms with van der Waals surface area (Å²) in [5.74, 6) is -3.89. The van der Waals surface area contributed by atoms with Gasteiger partial charge in [0.05, 0.1) is 17.4 Å². The van der Waals surface area contributed by atoms with E-state index in [9.17, 15) is 39.8 Å². The zero-order chi connectivity index (χ0) is 27.0. The van der Waals surface area contributed by atoms with Crippen LogP contribution >= 0.6 is 0 Å². The van der Waals surface area contributed by atoms with Gasteiger partial charge < -0.3 is 59.5 Å². The molecule has 0 saturated carbocycles. The van der Waals surface area contributed by atoms with Crippen molar-refractivity contribution >= 4 is 44.1 Å². The molecule has 0 saturated heterocycles. The summed E-state index contributed by atoms with van der Waals surface area (Å²) >= 11 is 0. The molecule has 0 bridgehead atoms. The number of carbonyl (C=O) groups is 3. The molecular weight excluding hydrogens is 681 g/mol. The number of aliphatic hydroxyl groups is 1. The molecule has 0 aliphatic rings. The molecular formula is C20H29BiN4O11. The Kier molecular flexibility index (Phi) is 18.1. The fraction of sp³-hybridized carbons (Fsp3) is 0.550. The molecule has 1 aromatic rings. The number of hydrogen-bond donors (Lipinski definition) is 3. The van der Waals surface area contributed by atoms with E-state index in [1.807, 2.05) is 31.1 Å². The number of furan rings is 1. The van der Waals surface area contributed by atoms with Gasteiger partial charge in [0.25, 0.3) is 6.20 Å². The van der Waals surface area contributed by atoms with Crippen LogP contribution < -0.4 is 26.0 Å². The number of hydrogen-bond acceptors (Lipinski definition) is 14. The SMILES string of the molecule is CNC(=C[N+](=O)[O-])NCCCOCc1ccc(CN(C)C)o1.O=C([O-])CC(O)(CC(=O)[O-])C(=O)[O-].[Bi+3]. The molecule has 1 rings (SSSR count). The Balaban J connectivity index is 0. The summed E-state index contributed by atoms with van der Waals surface area (Å²) < 4.78 is 11.1. The van der Waals surface area contributed by atoms with Crippen LogP contribution in [0.5, 0.6) is 0 Å². The predicted octanol–water partition coefficient (Wildman–Crippen LogP) is -4.50. The summed E-state index contributed by atoms with van der Waals surface area (Å²) in [5, 5.41) is 54.9. The van der Waals surface area contributed by atoms with E-state index in [4.69, 9.17) is 14.3 Å². The molecule has 0 aliphatic heterocycles. The van der Waals surface area contributed by atoms with E-state index >= 15 is 0 Å². The van der Waals surface area contributed by atoms with Gasteiger partial charge in [-0.2, -0.15) is 0 Å². The van der Waals surface area contributed by atoms with Crippen LogP contribution in [0.15, 0.2) is 28.6 Å². The number of aliphatic carboxylic acids is 3. The quantitative estimate of drug-likeness (QED) is 0.0636. The number of carboxylic acids is 3. The summed E-state index contributed by atoms with van der Waals surface area (Å²) in [6, 6.07) is 3.86. The molecule has 36 heavy (non-hydrogen) atoms. The van der Waals surface area contributed by atoms with Crippen molar-refractivity contribution in [2.45, 2.75) is 38.0 Å². The molecule has 0 amide bonds. The minimum atomic E-state index is -2.97. The van der Waals surface area contributed by atoms with Crippen LogP contribution in [0.2, 0.25) is 0 Å². The van der Waals surface area contributed by atoms with E-state index in [0.29, 0.717) is 25.6 Å². The minimum Gasteiger partial charge on any atom is -0.550 e. The average Bonchev–Trinajstić information content (AvgIpc) is 3.14. The van der Waals surface area contributed by atoms with Gasteiger partial charge in [-0.15, -0.1) is 0 Å². The topological polar surface area (TPSA) is 233 Å². The molecule has 0 spiro atoms. The maximum Gasteiger partial charge on any atom is 3.00 e. The van der Waals surface area contributed by atoms with Crippen LogP contribution in [0.25, 0.3) is 0 Å².